The third-order valence-corrected chi connectivity index (χ3v) is 5.21. The van der Waals surface area contributed by atoms with Gasteiger partial charge >= 0.3 is 0 Å². The molecule has 1 N–H and O–H groups in total. The summed E-state index contributed by atoms with van der Waals surface area (Å²) in [7, 11) is 1.82. The molecule has 1 aliphatic rings. The minimum atomic E-state index is -0.657. The van der Waals surface area contributed by atoms with Gasteiger partial charge in [-0.3, -0.25) is 4.79 Å². The second kappa shape index (κ2) is 7.28. The summed E-state index contributed by atoms with van der Waals surface area (Å²) in [5.74, 6) is 0.0349. The number of hydrogen-bond acceptors (Lipinski definition) is 3. The van der Waals surface area contributed by atoms with Gasteiger partial charge in [0, 0.05) is 30.9 Å². The van der Waals surface area contributed by atoms with Crippen LogP contribution in [-0.4, -0.2) is 15.5 Å². The molecule has 0 aliphatic heterocycles. The molecule has 28 heavy (non-hydrogen) atoms. The summed E-state index contributed by atoms with van der Waals surface area (Å²) < 4.78 is 16.2. The van der Waals surface area contributed by atoms with Crippen molar-refractivity contribution >= 4 is 5.91 Å². The van der Waals surface area contributed by atoms with Crippen molar-refractivity contribution < 1.29 is 9.18 Å². The zero-order valence-electron chi connectivity index (χ0n) is 15.3. The van der Waals surface area contributed by atoms with Crippen LogP contribution in [0, 0.1) is 23.1 Å². The summed E-state index contributed by atoms with van der Waals surface area (Å²) in [5, 5.41) is 11.9. The summed E-state index contributed by atoms with van der Waals surface area (Å²) in [4.78, 5) is 17.2. The zero-order valence-corrected chi connectivity index (χ0v) is 15.3. The standard InChI is InChI=1S/C22H19FN4O/c1-27-11-10-25-21(27)20(16-4-2-3-5-19(16)23)26-22(28)18-12-17(18)15-8-6-14(13-24)7-9-15/h2-11,17-18,20H,12H2,1H3,(H,26,28). The van der Waals surface area contributed by atoms with Crippen molar-refractivity contribution in [3.05, 3.63) is 89.3 Å². The van der Waals surface area contributed by atoms with E-state index in [1.165, 1.54) is 6.07 Å². The van der Waals surface area contributed by atoms with Crippen LogP contribution in [0.25, 0.3) is 0 Å². The number of aryl methyl sites for hydroxylation is 1. The molecular weight excluding hydrogens is 355 g/mol. The molecule has 1 aromatic heterocycles. The second-order valence-corrected chi connectivity index (χ2v) is 7.04. The Bertz CT molecular complexity index is 1050. The van der Waals surface area contributed by atoms with E-state index in [0.29, 0.717) is 17.0 Å². The molecule has 0 radical (unpaired) electrons. The molecule has 1 amide bonds. The predicted octanol–water partition coefficient (Wildman–Crippen LogP) is 3.44. The van der Waals surface area contributed by atoms with Crippen LogP contribution in [0.1, 0.15) is 40.9 Å². The van der Waals surface area contributed by atoms with E-state index in [4.69, 9.17) is 5.26 Å². The third-order valence-electron chi connectivity index (χ3n) is 5.21. The predicted molar refractivity (Wildman–Crippen MR) is 102 cm³/mol. The maximum Gasteiger partial charge on any atom is 0.224 e. The molecule has 2 aromatic carbocycles. The molecule has 0 saturated heterocycles. The van der Waals surface area contributed by atoms with Crippen molar-refractivity contribution in [3.63, 3.8) is 0 Å². The Morgan fingerprint density at radius 2 is 2.04 bits per heavy atom. The number of benzene rings is 2. The maximum absolute atomic E-state index is 14.4. The van der Waals surface area contributed by atoms with Gasteiger partial charge in [-0.05, 0) is 36.1 Å². The monoisotopic (exact) mass is 374 g/mol. The molecule has 3 aromatic rings. The number of aromatic nitrogens is 2. The van der Waals surface area contributed by atoms with Crippen molar-refractivity contribution in [1.29, 1.82) is 5.26 Å². The molecule has 0 spiro atoms. The number of carbonyl (C=O) groups is 1. The summed E-state index contributed by atoms with van der Waals surface area (Å²) in [6.07, 6.45) is 4.14. The van der Waals surface area contributed by atoms with Crippen molar-refractivity contribution in [2.45, 2.75) is 18.4 Å². The topological polar surface area (TPSA) is 70.7 Å². The van der Waals surface area contributed by atoms with E-state index in [1.54, 1.807) is 47.3 Å². The molecule has 4 rings (SSSR count). The molecule has 140 valence electrons. The van der Waals surface area contributed by atoms with E-state index < -0.39 is 6.04 Å². The van der Waals surface area contributed by atoms with Gasteiger partial charge in [-0.15, -0.1) is 0 Å². The van der Waals surface area contributed by atoms with Crippen LogP contribution in [0.4, 0.5) is 4.39 Å². The van der Waals surface area contributed by atoms with Gasteiger partial charge in [-0.25, -0.2) is 9.37 Å². The lowest BCUT2D eigenvalue weighted by Crippen LogP contribution is -2.33. The number of amides is 1. The molecule has 1 fully saturated rings. The minimum Gasteiger partial charge on any atom is -0.342 e. The second-order valence-electron chi connectivity index (χ2n) is 7.04. The lowest BCUT2D eigenvalue weighted by atomic mass is 10.0. The molecule has 3 unspecified atom stereocenters. The summed E-state index contributed by atoms with van der Waals surface area (Å²) in [6.45, 7) is 0. The minimum absolute atomic E-state index is 0.120. The van der Waals surface area contributed by atoms with Crippen LogP contribution in [0.3, 0.4) is 0 Å². The molecule has 5 nitrogen and oxygen atoms in total. The summed E-state index contributed by atoms with van der Waals surface area (Å²) in [6, 6.07) is 15.2. The maximum atomic E-state index is 14.4. The zero-order chi connectivity index (χ0) is 19.7. The summed E-state index contributed by atoms with van der Waals surface area (Å²) >= 11 is 0. The average molecular weight is 374 g/mol. The number of nitrogens with zero attached hydrogens (tertiary/aromatic N) is 3. The number of carbonyl (C=O) groups excluding carboxylic acids is 1. The van der Waals surface area contributed by atoms with E-state index >= 15 is 0 Å². The Balaban J connectivity index is 1.54. The summed E-state index contributed by atoms with van der Waals surface area (Å²) in [5.41, 5.74) is 2.03. The van der Waals surface area contributed by atoms with Gasteiger partial charge in [-0.1, -0.05) is 30.3 Å². The fraction of sp³-hybridized carbons (Fsp3) is 0.227. The van der Waals surface area contributed by atoms with E-state index in [9.17, 15) is 9.18 Å². The molecular formula is C22H19FN4O. The van der Waals surface area contributed by atoms with Crippen LogP contribution < -0.4 is 5.32 Å². The number of nitrogens with one attached hydrogen (secondary N) is 1. The van der Waals surface area contributed by atoms with E-state index in [2.05, 4.69) is 16.4 Å². The lowest BCUT2D eigenvalue weighted by molar-refractivity contribution is -0.123. The van der Waals surface area contributed by atoms with Gasteiger partial charge in [0.05, 0.1) is 11.6 Å². The van der Waals surface area contributed by atoms with E-state index in [0.717, 1.165) is 12.0 Å². The van der Waals surface area contributed by atoms with Gasteiger partial charge in [0.25, 0.3) is 0 Å². The Morgan fingerprint density at radius 1 is 1.29 bits per heavy atom. The van der Waals surface area contributed by atoms with Crippen LogP contribution in [-0.2, 0) is 11.8 Å². The third kappa shape index (κ3) is 3.39. The molecule has 0 bridgehead atoms. The highest BCUT2D eigenvalue weighted by atomic mass is 19.1. The molecule has 1 heterocycles. The van der Waals surface area contributed by atoms with Gasteiger partial charge < -0.3 is 9.88 Å². The highest BCUT2D eigenvalue weighted by Crippen LogP contribution is 2.48. The van der Waals surface area contributed by atoms with Crippen molar-refractivity contribution in [3.8, 4) is 6.07 Å². The highest BCUT2D eigenvalue weighted by molar-refractivity contribution is 5.83. The van der Waals surface area contributed by atoms with E-state index in [1.807, 2.05) is 19.2 Å². The van der Waals surface area contributed by atoms with Crippen LogP contribution in [0.2, 0.25) is 0 Å². The molecule has 1 saturated carbocycles. The first-order chi connectivity index (χ1) is 13.6. The normalized spacial score (nSPS) is 18.9. The molecule has 3 atom stereocenters. The average Bonchev–Trinajstić information content (AvgIpc) is 3.41. The van der Waals surface area contributed by atoms with Gasteiger partial charge in [0.1, 0.15) is 17.7 Å². The first-order valence-corrected chi connectivity index (χ1v) is 9.10. The van der Waals surface area contributed by atoms with Crippen LogP contribution in [0.5, 0.6) is 0 Å². The lowest BCUT2D eigenvalue weighted by Gasteiger charge is -2.20. The Hall–Kier alpha value is -3.46. The van der Waals surface area contributed by atoms with Crippen LogP contribution >= 0.6 is 0 Å². The Kier molecular flexibility index (Phi) is 4.66. The fourth-order valence-electron chi connectivity index (χ4n) is 3.55. The Morgan fingerprint density at radius 3 is 2.68 bits per heavy atom. The number of rotatable bonds is 5. The Labute approximate surface area is 162 Å². The quantitative estimate of drug-likeness (QED) is 0.744. The van der Waals surface area contributed by atoms with Gasteiger partial charge in [0.2, 0.25) is 5.91 Å². The first-order valence-electron chi connectivity index (χ1n) is 9.10. The highest BCUT2D eigenvalue weighted by Gasteiger charge is 2.44. The number of hydrogen-bond donors (Lipinski definition) is 1. The van der Waals surface area contributed by atoms with Gasteiger partial charge in [0.15, 0.2) is 0 Å². The van der Waals surface area contributed by atoms with Crippen molar-refractivity contribution in [2.24, 2.45) is 13.0 Å². The molecule has 1 aliphatic carbocycles. The van der Waals surface area contributed by atoms with Gasteiger partial charge in [-0.2, -0.15) is 5.26 Å². The smallest absolute Gasteiger partial charge is 0.224 e. The SMILES string of the molecule is Cn1ccnc1C(NC(=O)C1CC1c1ccc(C#N)cc1)c1ccccc1F. The molecule has 6 heteroatoms. The number of nitriles is 1. The fourth-order valence-corrected chi connectivity index (χ4v) is 3.55. The van der Waals surface area contributed by atoms with Crippen molar-refractivity contribution in [2.75, 3.05) is 0 Å². The van der Waals surface area contributed by atoms with E-state index in [-0.39, 0.29) is 23.6 Å². The van der Waals surface area contributed by atoms with Crippen molar-refractivity contribution in [1.82, 2.24) is 14.9 Å². The largest absolute Gasteiger partial charge is 0.342 e. The number of imidazole rings is 1. The number of halogens is 1. The van der Waals surface area contributed by atoms with Crippen LogP contribution in [0.15, 0.2) is 60.9 Å². The first kappa shape index (κ1) is 17.9.